The maximum atomic E-state index is 12.1. The number of amides is 1. The molecule has 0 aliphatic carbocycles. The van der Waals surface area contributed by atoms with Crippen LogP contribution in [0.2, 0.25) is 0 Å². The molecule has 5 nitrogen and oxygen atoms in total. The molecule has 1 amide bonds. The van der Waals surface area contributed by atoms with Crippen molar-refractivity contribution in [3.8, 4) is 0 Å². The number of carboxylic acids is 1. The summed E-state index contributed by atoms with van der Waals surface area (Å²) >= 11 is 1.60. The highest BCUT2D eigenvalue weighted by Crippen LogP contribution is 2.26. The van der Waals surface area contributed by atoms with Gasteiger partial charge in [0.15, 0.2) is 0 Å². The quantitative estimate of drug-likeness (QED) is 0.894. The number of hydrogen-bond acceptors (Lipinski definition) is 4. The van der Waals surface area contributed by atoms with Crippen molar-refractivity contribution in [2.75, 3.05) is 5.01 Å². The molecule has 0 bridgehead atoms. The molecule has 0 unspecified atom stereocenters. The molecule has 1 atom stereocenters. The standard InChI is InChI=1S/C18H16N2O3S/c1-12-2-8-15(9-3-12)24-16-10-11-17(21)20(19-16)14-6-4-13(5-7-14)18(22)23/h2-11,16,19H,1H3,(H,22,23)/t16-/m1/s1. The van der Waals surface area contributed by atoms with Crippen LogP contribution in [0.3, 0.4) is 0 Å². The van der Waals surface area contributed by atoms with Crippen LogP contribution in [-0.2, 0) is 4.79 Å². The van der Waals surface area contributed by atoms with Gasteiger partial charge in [-0.25, -0.2) is 15.2 Å². The van der Waals surface area contributed by atoms with Gasteiger partial charge < -0.3 is 5.11 Å². The van der Waals surface area contributed by atoms with Crippen molar-refractivity contribution in [2.45, 2.75) is 17.2 Å². The molecular weight excluding hydrogens is 324 g/mol. The number of aromatic carboxylic acids is 1. The third-order valence-corrected chi connectivity index (χ3v) is 4.61. The number of hydrazine groups is 1. The van der Waals surface area contributed by atoms with E-state index in [-0.39, 0.29) is 16.8 Å². The Hall–Kier alpha value is -2.57. The number of hydrogen-bond donors (Lipinski definition) is 2. The Labute approximate surface area is 144 Å². The van der Waals surface area contributed by atoms with E-state index in [2.05, 4.69) is 5.43 Å². The average molecular weight is 340 g/mol. The molecule has 24 heavy (non-hydrogen) atoms. The average Bonchev–Trinajstić information content (AvgIpc) is 2.59. The molecule has 3 rings (SSSR count). The van der Waals surface area contributed by atoms with Crippen LogP contribution in [0, 0.1) is 6.92 Å². The van der Waals surface area contributed by atoms with Gasteiger partial charge in [-0.3, -0.25) is 4.79 Å². The Kier molecular flexibility index (Phi) is 4.69. The van der Waals surface area contributed by atoms with Crippen molar-refractivity contribution in [2.24, 2.45) is 0 Å². The van der Waals surface area contributed by atoms with E-state index in [0.29, 0.717) is 5.69 Å². The zero-order chi connectivity index (χ0) is 17.1. The Morgan fingerprint density at radius 1 is 1.12 bits per heavy atom. The molecule has 0 spiro atoms. The summed E-state index contributed by atoms with van der Waals surface area (Å²) in [5, 5.41) is 10.3. The second kappa shape index (κ2) is 6.90. The molecule has 1 heterocycles. The van der Waals surface area contributed by atoms with Gasteiger partial charge >= 0.3 is 5.97 Å². The number of anilines is 1. The lowest BCUT2D eigenvalue weighted by Gasteiger charge is -2.29. The summed E-state index contributed by atoms with van der Waals surface area (Å²) in [7, 11) is 0. The molecule has 0 saturated heterocycles. The first kappa shape index (κ1) is 16.3. The lowest BCUT2D eigenvalue weighted by molar-refractivity contribution is -0.115. The number of aryl methyl sites for hydroxylation is 1. The van der Waals surface area contributed by atoms with Gasteiger partial charge in [0.05, 0.1) is 16.6 Å². The zero-order valence-corrected chi connectivity index (χ0v) is 13.8. The van der Waals surface area contributed by atoms with Gasteiger partial charge in [-0.15, -0.1) is 11.8 Å². The molecule has 122 valence electrons. The summed E-state index contributed by atoms with van der Waals surface area (Å²) in [4.78, 5) is 24.1. The first-order valence-electron chi connectivity index (χ1n) is 7.38. The predicted octanol–water partition coefficient (Wildman–Crippen LogP) is 3.22. The van der Waals surface area contributed by atoms with Crippen LogP contribution >= 0.6 is 11.8 Å². The second-order valence-corrected chi connectivity index (χ2v) is 6.58. The molecule has 6 heteroatoms. The van der Waals surface area contributed by atoms with Crippen molar-refractivity contribution < 1.29 is 14.7 Å². The highest BCUT2D eigenvalue weighted by atomic mass is 32.2. The minimum Gasteiger partial charge on any atom is -0.478 e. The van der Waals surface area contributed by atoms with Crippen molar-refractivity contribution in [1.82, 2.24) is 5.43 Å². The van der Waals surface area contributed by atoms with Gasteiger partial charge in [0.1, 0.15) is 0 Å². The van der Waals surface area contributed by atoms with E-state index in [1.54, 1.807) is 23.9 Å². The van der Waals surface area contributed by atoms with Crippen LogP contribution in [-0.4, -0.2) is 22.4 Å². The molecule has 2 N–H and O–H groups in total. The van der Waals surface area contributed by atoms with Gasteiger partial charge in [-0.1, -0.05) is 17.7 Å². The summed E-state index contributed by atoms with van der Waals surface area (Å²) in [6.45, 7) is 2.04. The normalized spacial score (nSPS) is 17.1. The number of thioether (sulfide) groups is 1. The Bertz CT molecular complexity index is 785. The van der Waals surface area contributed by atoms with E-state index in [9.17, 15) is 9.59 Å². The van der Waals surface area contributed by atoms with E-state index in [4.69, 9.17) is 5.11 Å². The van der Waals surface area contributed by atoms with Crippen LogP contribution in [0.4, 0.5) is 5.69 Å². The van der Waals surface area contributed by atoms with E-state index in [1.807, 2.05) is 37.3 Å². The third kappa shape index (κ3) is 3.67. The van der Waals surface area contributed by atoms with Crippen LogP contribution in [0.1, 0.15) is 15.9 Å². The van der Waals surface area contributed by atoms with Crippen LogP contribution in [0.5, 0.6) is 0 Å². The van der Waals surface area contributed by atoms with Crippen molar-refractivity contribution in [1.29, 1.82) is 0 Å². The van der Waals surface area contributed by atoms with Gasteiger partial charge in [0.25, 0.3) is 5.91 Å². The first-order chi connectivity index (χ1) is 11.5. The van der Waals surface area contributed by atoms with E-state index in [1.165, 1.54) is 28.8 Å². The lowest BCUT2D eigenvalue weighted by Crippen LogP contribution is -2.49. The second-order valence-electron chi connectivity index (χ2n) is 5.37. The molecule has 1 aliphatic rings. The number of carbonyl (C=O) groups excluding carboxylic acids is 1. The highest BCUT2D eigenvalue weighted by molar-refractivity contribution is 8.00. The van der Waals surface area contributed by atoms with Crippen LogP contribution in [0.25, 0.3) is 0 Å². The number of carbonyl (C=O) groups is 2. The fourth-order valence-corrected chi connectivity index (χ4v) is 3.16. The highest BCUT2D eigenvalue weighted by Gasteiger charge is 2.22. The van der Waals surface area contributed by atoms with Gasteiger partial charge in [0.2, 0.25) is 0 Å². The number of carboxylic acid groups (broad SMARTS) is 1. The molecule has 1 aliphatic heterocycles. The SMILES string of the molecule is Cc1ccc(S[C@@H]2C=CC(=O)N(c3ccc(C(=O)O)cc3)N2)cc1. The zero-order valence-electron chi connectivity index (χ0n) is 13.0. The molecule has 0 saturated carbocycles. The third-order valence-electron chi connectivity index (χ3n) is 3.55. The van der Waals surface area contributed by atoms with Gasteiger partial charge in [-0.2, -0.15) is 0 Å². The molecule has 0 fully saturated rings. The van der Waals surface area contributed by atoms with E-state index >= 15 is 0 Å². The number of nitrogens with zero attached hydrogens (tertiary/aromatic N) is 1. The first-order valence-corrected chi connectivity index (χ1v) is 8.26. The molecule has 2 aromatic rings. The summed E-state index contributed by atoms with van der Waals surface area (Å²) < 4.78 is 0. The van der Waals surface area contributed by atoms with Gasteiger partial charge in [-0.05, 0) is 49.4 Å². The summed E-state index contributed by atoms with van der Waals surface area (Å²) in [5.41, 5.74) is 5.13. The topological polar surface area (TPSA) is 69.6 Å². The molecule has 0 aromatic heterocycles. The number of nitrogens with one attached hydrogen (secondary N) is 1. The maximum absolute atomic E-state index is 12.1. The Morgan fingerprint density at radius 3 is 2.42 bits per heavy atom. The summed E-state index contributed by atoms with van der Waals surface area (Å²) in [6.07, 6.45) is 3.34. The van der Waals surface area contributed by atoms with Crippen molar-refractivity contribution >= 4 is 29.3 Å². The Morgan fingerprint density at radius 2 is 1.79 bits per heavy atom. The molecule has 0 radical (unpaired) electrons. The summed E-state index contributed by atoms with van der Waals surface area (Å²) in [6, 6.07) is 14.4. The maximum Gasteiger partial charge on any atom is 0.335 e. The van der Waals surface area contributed by atoms with Gasteiger partial charge in [0, 0.05) is 11.0 Å². The molecule has 2 aromatic carbocycles. The predicted molar refractivity (Wildman–Crippen MR) is 94.0 cm³/mol. The lowest BCUT2D eigenvalue weighted by atomic mass is 10.2. The molecular formula is C18H16N2O3S. The van der Waals surface area contributed by atoms with Crippen molar-refractivity contribution in [3.05, 3.63) is 71.8 Å². The van der Waals surface area contributed by atoms with E-state index in [0.717, 1.165) is 4.90 Å². The smallest absolute Gasteiger partial charge is 0.335 e. The fraction of sp³-hybridized carbons (Fsp3) is 0.111. The summed E-state index contributed by atoms with van der Waals surface area (Å²) in [5.74, 6) is -1.19. The number of rotatable bonds is 4. The van der Waals surface area contributed by atoms with E-state index < -0.39 is 5.97 Å². The minimum atomic E-state index is -0.993. The van der Waals surface area contributed by atoms with Crippen LogP contribution < -0.4 is 10.4 Å². The van der Waals surface area contributed by atoms with Crippen molar-refractivity contribution in [3.63, 3.8) is 0 Å². The minimum absolute atomic E-state index is 0.0930. The largest absolute Gasteiger partial charge is 0.478 e. The number of benzene rings is 2. The fourth-order valence-electron chi connectivity index (χ4n) is 2.26. The Balaban J connectivity index is 1.75. The van der Waals surface area contributed by atoms with Crippen LogP contribution in [0.15, 0.2) is 65.6 Å². The monoisotopic (exact) mass is 340 g/mol.